The molecular formula is C11H17N5O. The van der Waals surface area contributed by atoms with Gasteiger partial charge in [0.05, 0.1) is 18.1 Å². The van der Waals surface area contributed by atoms with Crippen LogP contribution in [0.4, 0.5) is 5.82 Å². The fourth-order valence-corrected chi connectivity index (χ4v) is 2.06. The van der Waals surface area contributed by atoms with Crippen LogP contribution in [0.3, 0.4) is 0 Å². The SMILES string of the molecule is CC(=O)NC1CCN(Cc2cnc(N)cn2)C1. The molecule has 1 fully saturated rings. The highest BCUT2D eigenvalue weighted by Crippen LogP contribution is 2.12. The third-order valence-electron chi connectivity index (χ3n) is 2.79. The second-order valence-electron chi connectivity index (χ2n) is 4.35. The van der Waals surface area contributed by atoms with E-state index < -0.39 is 0 Å². The highest BCUT2D eigenvalue weighted by molar-refractivity contribution is 5.73. The van der Waals surface area contributed by atoms with Crippen LogP contribution in [-0.2, 0) is 11.3 Å². The zero-order valence-electron chi connectivity index (χ0n) is 9.89. The molecule has 92 valence electrons. The summed E-state index contributed by atoms with van der Waals surface area (Å²) in [6.07, 6.45) is 4.25. The first-order chi connectivity index (χ1) is 8.13. The van der Waals surface area contributed by atoms with Crippen molar-refractivity contribution in [3.63, 3.8) is 0 Å². The van der Waals surface area contributed by atoms with Crippen molar-refractivity contribution in [2.75, 3.05) is 18.8 Å². The Hall–Kier alpha value is -1.69. The minimum absolute atomic E-state index is 0.0316. The number of carbonyl (C=O) groups excluding carboxylic acids is 1. The van der Waals surface area contributed by atoms with Crippen LogP contribution in [-0.4, -0.2) is 39.9 Å². The molecule has 0 spiro atoms. The van der Waals surface area contributed by atoms with Crippen molar-refractivity contribution < 1.29 is 4.79 Å². The van der Waals surface area contributed by atoms with E-state index in [-0.39, 0.29) is 11.9 Å². The van der Waals surface area contributed by atoms with Crippen molar-refractivity contribution in [3.8, 4) is 0 Å². The number of carbonyl (C=O) groups is 1. The van der Waals surface area contributed by atoms with Gasteiger partial charge in [-0.2, -0.15) is 0 Å². The van der Waals surface area contributed by atoms with Gasteiger partial charge in [0, 0.05) is 32.6 Å². The molecule has 0 saturated carbocycles. The number of hydrogen-bond donors (Lipinski definition) is 2. The summed E-state index contributed by atoms with van der Waals surface area (Å²) in [6, 6.07) is 0.259. The Labute approximate surface area is 100 Å². The van der Waals surface area contributed by atoms with E-state index in [9.17, 15) is 4.79 Å². The number of amides is 1. The molecule has 0 radical (unpaired) electrons. The third-order valence-corrected chi connectivity index (χ3v) is 2.79. The molecule has 1 aliphatic rings. The maximum atomic E-state index is 10.9. The Morgan fingerprint density at radius 3 is 3.06 bits per heavy atom. The van der Waals surface area contributed by atoms with Gasteiger partial charge in [-0.1, -0.05) is 0 Å². The van der Waals surface area contributed by atoms with Crippen LogP contribution in [0.2, 0.25) is 0 Å². The number of rotatable bonds is 3. The molecule has 1 unspecified atom stereocenters. The topological polar surface area (TPSA) is 84.1 Å². The zero-order valence-corrected chi connectivity index (χ0v) is 9.89. The van der Waals surface area contributed by atoms with Gasteiger partial charge in [-0.25, -0.2) is 4.98 Å². The molecule has 17 heavy (non-hydrogen) atoms. The van der Waals surface area contributed by atoms with Crippen LogP contribution in [0.25, 0.3) is 0 Å². The monoisotopic (exact) mass is 235 g/mol. The first-order valence-electron chi connectivity index (χ1n) is 5.69. The zero-order chi connectivity index (χ0) is 12.3. The van der Waals surface area contributed by atoms with Gasteiger partial charge in [-0.05, 0) is 6.42 Å². The minimum Gasteiger partial charge on any atom is -0.382 e. The van der Waals surface area contributed by atoms with E-state index in [2.05, 4.69) is 20.2 Å². The van der Waals surface area contributed by atoms with Gasteiger partial charge < -0.3 is 11.1 Å². The number of likely N-dealkylation sites (tertiary alicyclic amines) is 1. The Morgan fingerprint density at radius 1 is 1.59 bits per heavy atom. The Kier molecular flexibility index (Phi) is 3.53. The van der Waals surface area contributed by atoms with E-state index in [1.54, 1.807) is 19.3 Å². The summed E-state index contributed by atoms with van der Waals surface area (Å²) in [6.45, 7) is 4.14. The molecule has 1 amide bonds. The lowest BCUT2D eigenvalue weighted by Gasteiger charge is -2.15. The lowest BCUT2D eigenvalue weighted by molar-refractivity contribution is -0.119. The van der Waals surface area contributed by atoms with Gasteiger partial charge in [-0.15, -0.1) is 0 Å². The van der Waals surface area contributed by atoms with E-state index in [1.807, 2.05) is 0 Å². The van der Waals surface area contributed by atoms with Crippen molar-refractivity contribution in [1.82, 2.24) is 20.2 Å². The summed E-state index contributed by atoms with van der Waals surface area (Å²) >= 11 is 0. The van der Waals surface area contributed by atoms with Crippen LogP contribution in [0.5, 0.6) is 0 Å². The van der Waals surface area contributed by atoms with E-state index in [0.29, 0.717) is 5.82 Å². The molecule has 0 bridgehead atoms. The van der Waals surface area contributed by atoms with Crippen LogP contribution in [0.15, 0.2) is 12.4 Å². The number of nitrogen functional groups attached to an aromatic ring is 1. The molecule has 2 heterocycles. The van der Waals surface area contributed by atoms with Crippen molar-refractivity contribution in [2.45, 2.75) is 25.9 Å². The molecule has 1 saturated heterocycles. The number of nitrogens with one attached hydrogen (secondary N) is 1. The highest BCUT2D eigenvalue weighted by atomic mass is 16.1. The molecular weight excluding hydrogens is 218 g/mol. The normalized spacial score (nSPS) is 20.4. The van der Waals surface area contributed by atoms with E-state index >= 15 is 0 Å². The van der Waals surface area contributed by atoms with Crippen LogP contribution in [0.1, 0.15) is 19.0 Å². The molecule has 6 nitrogen and oxygen atoms in total. The van der Waals surface area contributed by atoms with Crippen molar-refractivity contribution in [2.24, 2.45) is 0 Å². The maximum absolute atomic E-state index is 10.9. The Balaban J connectivity index is 1.85. The number of nitrogens with zero attached hydrogens (tertiary/aromatic N) is 3. The van der Waals surface area contributed by atoms with Crippen LogP contribution >= 0.6 is 0 Å². The van der Waals surface area contributed by atoms with E-state index in [1.165, 1.54) is 0 Å². The number of aromatic nitrogens is 2. The smallest absolute Gasteiger partial charge is 0.217 e. The molecule has 2 rings (SSSR count). The first-order valence-corrected chi connectivity index (χ1v) is 5.69. The molecule has 3 N–H and O–H groups in total. The lowest BCUT2D eigenvalue weighted by atomic mass is 10.2. The Bertz CT molecular complexity index is 391. The molecule has 6 heteroatoms. The largest absolute Gasteiger partial charge is 0.382 e. The molecule has 0 aromatic carbocycles. The average molecular weight is 235 g/mol. The number of hydrogen-bond acceptors (Lipinski definition) is 5. The minimum atomic E-state index is 0.0316. The number of nitrogens with two attached hydrogens (primary N) is 1. The fraction of sp³-hybridized carbons (Fsp3) is 0.545. The Morgan fingerprint density at radius 2 is 2.41 bits per heavy atom. The van der Waals surface area contributed by atoms with Gasteiger partial charge in [-0.3, -0.25) is 14.7 Å². The lowest BCUT2D eigenvalue weighted by Crippen LogP contribution is -2.35. The van der Waals surface area contributed by atoms with Gasteiger partial charge in [0.1, 0.15) is 5.82 Å². The van der Waals surface area contributed by atoms with Crippen LogP contribution < -0.4 is 11.1 Å². The van der Waals surface area contributed by atoms with Crippen LogP contribution in [0, 0.1) is 0 Å². The second-order valence-corrected chi connectivity index (χ2v) is 4.35. The van der Waals surface area contributed by atoms with Gasteiger partial charge in [0.25, 0.3) is 0 Å². The molecule has 1 aromatic heterocycles. The fourth-order valence-electron chi connectivity index (χ4n) is 2.06. The predicted molar refractivity (Wildman–Crippen MR) is 63.9 cm³/mol. The standard InChI is InChI=1S/C11H17N5O/c1-8(17)15-9-2-3-16(6-9)7-10-4-14-11(12)5-13-10/h4-5,9H,2-3,6-7H2,1H3,(H2,12,14)(H,15,17). The number of anilines is 1. The summed E-state index contributed by atoms with van der Waals surface area (Å²) in [7, 11) is 0. The summed E-state index contributed by atoms with van der Waals surface area (Å²) in [4.78, 5) is 21.4. The highest BCUT2D eigenvalue weighted by Gasteiger charge is 2.23. The molecule has 1 aromatic rings. The molecule has 1 atom stereocenters. The maximum Gasteiger partial charge on any atom is 0.217 e. The van der Waals surface area contributed by atoms with Crippen molar-refractivity contribution >= 4 is 11.7 Å². The summed E-state index contributed by atoms with van der Waals surface area (Å²) in [5, 5.41) is 2.93. The second kappa shape index (κ2) is 5.09. The van der Waals surface area contributed by atoms with Gasteiger partial charge >= 0.3 is 0 Å². The summed E-state index contributed by atoms with van der Waals surface area (Å²) in [5.41, 5.74) is 6.38. The van der Waals surface area contributed by atoms with Gasteiger partial charge in [0.15, 0.2) is 0 Å². The third kappa shape index (κ3) is 3.39. The van der Waals surface area contributed by atoms with E-state index in [0.717, 1.165) is 31.7 Å². The summed E-state index contributed by atoms with van der Waals surface area (Å²) in [5.74, 6) is 0.468. The van der Waals surface area contributed by atoms with Crippen molar-refractivity contribution in [1.29, 1.82) is 0 Å². The van der Waals surface area contributed by atoms with Gasteiger partial charge in [0.2, 0.25) is 5.91 Å². The summed E-state index contributed by atoms with van der Waals surface area (Å²) < 4.78 is 0. The quantitative estimate of drug-likeness (QED) is 0.756. The first kappa shape index (κ1) is 11.8. The van der Waals surface area contributed by atoms with Crippen molar-refractivity contribution in [3.05, 3.63) is 18.1 Å². The molecule has 0 aliphatic carbocycles. The molecule has 1 aliphatic heterocycles. The average Bonchev–Trinajstić information content (AvgIpc) is 2.68. The van der Waals surface area contributed by atoms with E-state index in [4.69, 9.17) is 5.73 Å². The predicted octanol–water partition coefficient (Wildman–Crippen LogP) is -0.231.